The predicted octanol–water partition coefficient (Wildman–Crippen LogP) is 1.84. The van der Waals surface area contributed by atoms with Crippen LogP contribution in [0.4, 0.5) is 5.82 Å². The molecule has 1 saturated carbocycles. The molecule has 2 aromatic rings. The lowest BCUT2D eigenvalue weighted by molar-refractivity contribution is 0.481. The van der Waals surface area contributed by atoms with Crippen molar-refractivity contribution in [2.45, 2.75) is 25.2 Å². The van der Waals surface area contributed by atoms with Gasteiger partial charge in [-0.1, -0.05) is 6.42 Å². The fraction of sp³-hybridized carbons (Fsp3) is 0.538. The summed E-state index contributed by atoms with van der Waals surface area (Å²) in [4.78, 5) is 12.5. The molecule has 0 aliphatic heterocycles. The molecule has 1 fully saturated rings. The average molecular weight is 245 g/mol. The van der Waals surface area contributed by atoms with Crippen LogP contribution in [0.5, 0.6) is 0 Å². The zero-order valence-corrected chi connectivity index (χ0v) is 10.6. The number of nitrogens with two attached hydrogens (primary N) is 1. The number of rotatable bonds is 3. The topological polar surface area (TPSA) is 79.6 Å². The number of anilines is 1. The third-order valence-electron chi connectivity index (χ3n) is 3.93. The lowest BCUT2D eigenvalue weighted by Crippen LogP contribution is -2.17. The van der Waals surface area contributed by atoms with Crippen LogP contribution in [0.3, 0.4) is 0 Å². The number of pyridine rings is 1. The molecule has 0 aromatic carbocycles. The first-order chi connectivity index (χ1) is 8.81. The van der Waals surface area contributed by atoms with E-state index in [-0.39, 0.29) is 0 Å². The monoisotopic (exact) mass is 245 g/mol. The molecule has 96 valence electrons. The zero-order valence-electron chi connectivity index (χ0n) is 10.6. The van der Waals surface area contributed by atoms with Crippen LogP contribution >= 0.6 is 0 Å². The maximum absolute atomic E-state index is 5.83. The molecular formula is C13H19N5. The van der Waals surface area contributed by atoms with Gasteiger partial charge < -0.3 is 16.0 Å². The molecule has 4 N–H and O–H groups in total. The van der Waals surface area contributed by atoms with Gasteiger partial charge in [-0.15, -0.1) is 0 Å². The molecule has 2 atom stereocenters. The van der Waals surface area contributed by atoms with Crippen LogP contribution in [0.2, 0.25) is 0 Å². The summed E-state index contributed by atoms with van der Waals surface area (Å²) < 4.78 is 0. The quantitative estimate of drug-likeness (QED) is 0.771. The van der Waals surface area contributed by atoms with Crippen molar-refractivity contribution < 1.29 is 0 Å². The number of fused-ring (bicyclic) bond motifs is 1. The van der Waals surface area contributed by atoms with Crippen molar-refractivity contribution in [1.29, 1.82) is 0 Å². The van der Waals surface area contributed by atoms with Crippen LogP contribution in [0, 0.1) is 5.92 Å². The van der Waals surface area contributed by atoms with Crippen molar-refractivity contribution in [1.82, 2.24) is 15.0 Å². The number of hydrogen-bond donors (Lipinski definition) is 3. The molecule has 1 aliphatic carbocycles. The lowest BCUT2D eigenvalue weighted by atomic mass is 9.96. The first-order valence-corrected chi connectivity index (χ1v) is 6.56. The Morgan fingerprint density at radius 1 is 1.39 bits per heavy atom. The summed E-state index contributed by atoms with van der Waals surface area (Å²) in [5.41, 5.74) is 7.63. The molecule has 0 amide bonds. The van der Waals surface area contributed by atoms with Gasteiger partial charge in [0.25, 0.3) is 0 Å². The second kappa shape index (κ2) is 4.57. The van der Waals surface area contributed by atoms with E-state index in [2.05, 4.69) is 20.3 Å². The number of aromatic nitrogens is 3. The minimum absolute atomic E-state index is 0.474. The van der Waals surface area contributed by atoms with Gasteiger partial charge in [0.2, 0.25) is 0 Å². The van der Waals surface area contributed by atoms with Gasteiger partial charge >= 0.3 is 0 Å². The number of nitrogens with zero attached hydrogens (tertiary/aromatic N) is 2. The predicted molar refractivity (Wildman–Crippen MR) is 72.6 cm³/mol. The normalized spacial score (nSPS) is 23.7. The van der Waals surface area contributed by atoms with Crippen LogP contribution < -0.4 is 11.1 Å². The Morgan fingerprint density at radius 3 is 3.06 bits per heavy atom. The van der Waals surface area contributed by atoms with Crippen molar-refractivity contribution in [3.05, 3.63) is 18.0 Å². The molecule has 2 heterocycles. The van der Waals surface area contributed by atoms with E-state index in [1.165, 1.54) is 19.3 Å². The maximum Gasteiger partial charge on any atom is 0.179 e. The second-order valence-corrected chi connectivity index (χ2v) is 4.97. The molecule has 0 spiro atoms. The van der Waals surface area contributed by atoms with Crippen LogP contribution in [-0.2, 0) is 0 Å². The standard InChI is InChI=1S/C13H19N5/c1-15-11-6-5-10-13(17-11)18-12(16-10)9-4-2-3-8(9)7-14/h5-6,8-9H,2-4,7,14H2,1H3,(H2,15,16,17,18). The highest BCUT2D eigenvalue weighted by molar-refractivity contribution is 5.73. The fourth-order valence-corrected chi connectivity index (χ4v) is 2.90. The molecule has 18 heavy (non-hydrogen) atoms. The highest BCUT2D eigenvalue weighted by Gasteiger charge is 2.29. The number of hydrogen-bond acceptors (Lipinski definition) is 4. The number of imidazole rings is 1. The minimum atomic E-state index is 0.474. The summed E-state index contributed by atoms with van der Waals surface area (Å²) in [6.07, 6.45) is 3.65. The van der Waals surface area contributed by atoms with E-state index < -0.39 is 0 Å². The molecule has 0 radical (unpaired) electrons. The fourth-order valence-electron chi connectivity index (χ4n) is 2.90. The van der Waals surface area contributed by atoms with Gasteiger partial charge in [-0.2, -0.15) is 0 Å². The molecule has 2 unspecified atom stereocenters. The molecule has 0 bridgehead atoms. The van der Waals surface area contributed by atoms with E-state index in [0.717, 1.165) is 29.4 Å². The highest BCUT2D eigenvalue weighted by Crippen LogP contribution is 2.38. The van der Waals surface area contributed by atoms with Gasteiger partial charge in [0.05, 0.1) is 5.52 Å². The van der Waals surface area contributed by atoms with Gasteiger partial charge in [-0.3, -0.25) is 0 Å². The van der Waals surface area contributed by atoms with Crippen molar-refractivity contribution in [2.24, 2.45) is 11.7 Å². The summed E-state index contributed by atoms with van der Waals surface area (Å²) in [5, 5.41) is 3.03. The van der Waals surface area contributed by atoms with Crippen LogP contribution in [0.25, 0.3) is 11.2 Å². The van der Waals surface area contributed by atoms with Crippen molar-refractivity contribution in [2.75, 3.05) is 18.9 Å². The second-order valence-electron chi connectivity index (χ2n) is 4.97. The summed E-state index contributed by atoms with van der Waals surface area (Å²) in [6.45, 7) is 0.747. The van der Waals surface area contributed by atoms with Crippen molar-refractivity contribution >= 4 is 17.0 Å². The van der Waals surface area contributed by atoms with Crippen molar-refractivity contribution in [3.63, 3.8) is 0 Å². The molecule has 2 aromatic heterocycles. The molecule has 3 rings (SSSR count). The van der Waals surface area contributed by atoms with E-state index in [1.54, 1.807) is 0 Å². The Balaban J connectivity index is 1.97. The summed E-state index contributed by atoms with van der Waals surface area (Å²) in [5.74, 6) is 2.94. The lowest BCUT2D eigenvalue weighted by Gasteiger charge is -2.14. The number of aromatic amines is 1. The molecule has 5 heteroatoms. The summed E-state index contributed by atoms with van der Waals surface area (Å²) in [7, 11) is 1.86. The summed E-state index contributed by atoms with van der Waals surface area (Å²) >= 11 is 0. The van der Waals surface area contributed by atoms with Gasteiger partial charge in [-0.25, -0.2) is 9.97 Å². The molecule has 0 saturated heterocycles. The smallest absolute Gasteiger partial charge is 0.179 e. The highest BCUT2D eigenvalue weighted by atomic mass is 15.0. The first kappa shape index (κ1) is 11.5. The van der Waals surface area contributed by atoms with E-state index >= 15 is 0 Å². The first-order valence-electron chi connectivity index (χ1n) is 6.56. The van der Waals surface area contributed by atoms with Crippen LogP contribution in [0.15, 0.2) is 12.1 Å². The van der Waals surface area contributed by atoms with E-state index in [4.69, 9.17) is 5.73 Å². The number of H-pyrrole nitrogens is 1. The van der Waals surface area contributed by atoms with E-state index in [1.807, 2.05) is 19.2 Å². The van der Waals surface area contributed by atoms with Crippen LogP contribution in [-0.4, -0.2) is 28.5 Å². The third kappa shape index (κ3) is 1.84. The SMILES string of the molecule is CNc1ccc2[nH]c(C3CCCC3CN)nc2n1. The van der Waals surface area contributed by atoms with E-state index in [9.17, 15) is 0 Å². The molecule has 5 nitrogen and oxygen atoms in total. The molecule has 1 aliphatic rings. The van der Waals surface area contributed by atoms with Gasteiger partial charge in [0.1, 0.15) is 11.6 Å². The Hall–Kier alpha value is -1.62. The third-order valence-corrected chi connectivity index (χ3v) is 3.93. The van der Waals surface area contributed by atoms with Crippen molar-refractivity contribution in [3.8, 4) is 0 Å². The largest absolute Gasteiger partial charge is 0.373 e. The Labute approximate surface area is 106 Å². The van der Waals surface area contributed by atoms with Gasteiger partial charge in [0, 0.05) is 13.0 Å². The Morgan fingerprint density at radius 2 is 2.28 bits per heavy atom. The van der Waals surface area contributed by atoms with Gasteiger partial charge in [-0.05, 0) is 37.4 Å². The van der Waals surface area contributed by atoms with E-state index in [0.29, 0.717) is 11.8 Å². The van der Waals surface area contributed by atoms with Gasteiger partial charge in [0.15, 0.2) is 5.65 Å². The van der Waals surface area contributed by atoms with Crippen LogP contribution in [0.1, 0.15) is 31.0 Å². The zero-order chi connectivity index (χ0) is 12.5. The number of nitrogens with one attached hydrogen (secondary N) is 2. The minimum Gasteiger partial charge on any atom is -0.373 e. The molecular weight excluding hydrogens is 226 g/mol. The Kier molecular flexibility index (Phi) is 2.91. The average Bonchev–Trinajstić information content (AvgIpc) is 3.03. The summed E-state index contributed by atoms with van der Waals surface area (Å²) in [6, 6.07) is 3.98. The maximum atomic E-state index is 5.83. The Bertz CT molecular complexity index is 547.